The van der Waals surface area contributed by atoms with Crippen LogP contribution in [0.3, 0.4) is 0 Å². The number of nitro benzene ring substituents is 1. The van der Waals surface area contributed by atoms with E-state index in [0.717, 1.165) is 0 Å². The minimum atomic E-state index is -0.683. The molecule has 0 aliphatic carbocycles. The normalized spacial score (nSPS) is 9.33. The second kappa shape index (κ2) is 4.85. The number of rotatable bonds is 4. The van der Waals surface area contributed by atoms with Gasteiger partial charge in [0.05, 0.1) is 10.5 Å². The van der Waals surface area contributed by atoms with Gasteiger partial charge in [0.25, 0.3) is 5.69 Å². The first kappa shape index (κ1) is 10.8. The Bertz CT molecular complexity index is 384. The third kappa shape index (κ3) is 2.87. The lowest BCUT2D eigenvalue weighted by Crippen LogP contribution is -2.06. The summed E-state index contributed by atoms with van der Waals surface area (Å²) in [4.78, 5) is 30.8. The van der Waals surface area contributed by atoms with Gasteiger partial charge in [0.15, 0.2) is 6.29 Å². The summed E-state index contributed by atoms with van der Waals surface area (Å²) < 4.78 is 4.50. The third-order valence-corrected chi connectivity index (χ3v) is 1.60. The molecule has 1 aromatic carbocycles. The smallest absolute Gasteiger partial charge is 0.338 e. The molecule has 0 fully saturated rings. The van der Waals surface area contributed by atoms with E-state index in [0.29, 0.717) is 6.29 Å². The van der Waals surface area contributed by atoms with E-state index in [9.17, 15) is 19.7 Å². The Kier molecular flexibility index (Phi) is 3.50. The monoisotopic (exact) mass is 209 g/mol. The van der Waals surface area contributed by atoms with Gasteiger partial charge in [-0.25, -0.2) is 4.79 Å². The molecule has 0 radical (unpaired) electrons. The van der Waals surface area contributed by atoms with Crippen LogP contribution in [0.4, 0.5) is 5.69 Å². The minimum absolute atomic E-state index is 0.109. The number of ether oxygens (including phenoxy) is 1. The quantitative estimate of drug-likeness (QED) is 0.319. The number of nitro groups is 1. The van der Waals surface area contributed by atoms with Crippen LogP contribution >= 0.6 is 0 Å². The SMILES string of the molecule is O=CCOC(=O)c1ccc([N+](=O)[O-])cc1. The number of non-ortho nitro benzene ring substituents is 1. The fraction of sp³-hybridized carbons (Fsp3) is 0.111. The topological polar surface area (TPSA) is 86.5 Å². The summed E-state index contributed by atoms with van der Waals surface area (Å²) in [5.41, 5.74) is 0.0596. The van der Waals surface area contributed by atoms with E-state index in [2.05, 4.69) is 4.74 Å². The number of benzene rings is 1. The highest BCUT2D eigenvalue weighted by molar-refractivity contribution is 5.90. The van der Waals surface area contributed by atoms with Crippen molar-refractivity contribution in [2.45, 2.75) is 0 Å². The van der Waals surface area contributed by atoms with Gasteiger partial charge in [-0.2, -0.15) is 0 Å². The van der Waals surface area contributed by atoms with Crippen LogP contribution in [0, 0.1) is 10.1 Å². The van der Waals surface area contributed by atoms with Gasteiger partial charge in [0.1, 0.15) is 6.61 Å². The average Bonchev–Trinajstić information content (AvgIpc) is 2.26. The standard InChI is InChI=1S/C9H7NO5/c11-5-6-15-9(12)7-1-3-8(4-2-7)10(13)14/h1-5H,6H2. The van der Waals surface area contributed by atoms with Crippen LogP contribution in [0.15, 0.2) is 24.3 Å². The molecule has 6 heteroatoms. The molecule has 1 aromatic rings. The molecule has 0 spiro atoms. The van der Waals surface area contributed by atoms with Crippen LogP contribution in [0.1, 0.15) is 10.4 Å². The van der Waals surface area contributed by atoms with Crippen molar-refractivity contribution in [3.05, 3.63) is 39.9 Å². The molecule has 6 nitrogen and oxygen atoms in total. The van der Waals surface area contributed by atoms with Gasteiger partial charge in [0, 0.05) is 12.1 Å². The highest BCUT2D eigenvalue weighted by Gasteiger charge is 2.09. The number of esters is 1. The zero-order chi connectivity index (χ0) is 11.3. The third-order valence-electron chi connectivity index (χ3n) is 1.60. The van der Waals surface area contributed by atoms with Crippen LogP contribution in [-0.2, 0) is 9.53 Å². The van der Waals surface area contributed by atoms with Crippen molar-refractivity contribution in [2.75, 3.05) is 6.61 Å². The van der Waals surface area contributed by atoms with Crippen molar-refractivity contribution in [1.29, 1.82) is 0 Å². The van der Waals surface area contributed by atoms with E-state index < -0.39 is 10.9 Å². The predicted molar refractivity (Wildman–Crippen MR) is 49.4 cm³/mol. The van der Waals surface area contributed by atoms with Crippen LogP contribution in [0.5, 0.6) is 0 Å². The van der Waals surface area contributed by atoms with Crippen molar-refractivity contribution >= 4 is 17.9 Å². The molecule has 0 bridgehead atoms. The van der Waals surface area contributed by atoms with E-state index >= 15 is 0 Å². The predicted octanol–water partition coefficient (Wildman–Crippen LogP) is 0.951. The molecule has 0 aliphatic rings. The summed E-state index contributed by atoms with van der Waals surface area (Å²) in [6.07, 6.45) is 0.448. The van der Waals surface area contributed by atoms with Gasteiger partial charge in [-0.15, -0.1) is 0 Å². The molecule has 0 saturated heterocycles. The summed E-state index contributed by atoms with van der Waals surface area (Å²) >= 11 is 0. The summed E-state index contributed by atoms with van der Waals surface area (Å²) in [6, 6.07) is 4.92. The second-order valence-electron chi connectivity index (χ2n) is 2.57. The maximum atomic E-state index is 11.1. The molecule has 78 valence electrons. The van der Waals surface area contributed by atoms with E-state index in [1.807, 2.05) is 0 Å². The van der Waals surface area contributed by atoms with Crippen molar-refractivity contribution in [3.8, 4) is 0 Å². The number of carbonyl (C=O) groups excluding carboxylic acids is 2. The Morgan fingerprint density at radius 3 is 2.47 bits per heavy atom. The summed E-state index contributed by atoms with van der Waals surface area (Å²) in [5, 5.41) is 10.3. The second-order valence-corrected chi connectivity index (χ2v) is 2.57. The fourth-order valence-corrected chi connectivity index (χ4v) is 0.912. The first-order valence-electron chi connectivity index (χ1n) is 4.00. The molecule has 0 amide bonds. The van der Waals surface area contributed by atoms with Gasteiger partial charge < -0.3 is 4.74 Å². The summed E-state index contributed by atoms with van der Waals surface area (Å²) in [7, 11) is 0. The van der Waals surface area contributed by atoms with E-state index in [4.69, 9.17) is 0 Å². The van der Waals surface area contributed by atoms with Crippen molar-refractivity contribution in [2.24, 2.45) is 0 Å². The molecule has 0 saturated carbocycles. The van der Waals surface area contributed by atoms with Crippen LogP contribution in [0.2, 0.25) is 0 Å². The number of carbonyl (C=O) groups is 2. The number of hydrogen-bond acceptors (Lipinski definition) is 5. The lowest BCUT2D eigenvalue weighted by molar-refractivity contribution is -0.384. The minimum Gasteiger partial charge on any atom is -0.454 e. The van der Waals surface area contributed by atoms with Gasteiger partial charge in [-0.1, -0.05) is 0 Å². The molecule has 0 heterocycles. The molecular formula is C9H7NO5. The first-order valence-corrected chi connectivity index (χ1v) is 4.00. The molecule has 0 atom stereocenters. The zero-order valence-corrected chi connectivity index (χ0v) is 7.58. The number of aldehydes is 1. The number of hydrogen-bond donors (Lipinski definition) is 0. The molecular weight excluding hydrogens is 202 g/mol. The number of nitrogens with zero attached hydrogens (tertiary/aromatic N) is 1. The average molecular weight is 209 g/mol. The van der Waals surface area contributed by atoms with Crippen molar-refractivity contribution in [3.63, 3.8) is 0 Å². The highest BCUT2D eigenvalue weighted by atomic mass is 16.6. The van der Waals surface area contributed by atoms with Crippen molar-refractivity contribution in [1.82, 2.24) is 0 Å². The first-order chi connectivity index (χ1) is 7.15. The van der Waals surface area contributed by atoms with Crippen LogP contribution < -0.4 is 0 Å². The van der Waals surface area contributed by atoms with E-state index in [-0.39, 0.29) is 17.9 Å². The Balaban J connectivity index is 2.75. The van der Waals surface area contributed by atoms with Crippen LogP contribution in [-0.4, -0.2) is 23.8 Å². The maximum absolute atomic E-state index is 11.1. The Hall–Kier alpha value is -2.24. The zero-order valence-electron chi connectivity index (χ0n) is 7.58. The fourth-order valence-electron chi connectivity index (χ4n) is 0.912. The largest absolute Gasteiger partial charge is 0.454 e. The Morgan fingerprint density at radius 1 is 1.40 bits per heavy atom. The Labute approximate surface area is 84.6 Å². The van der Waals surface area contributed by atoms with Gasteiger partial charge in [-0.3, -0.25) is 14.9 Å². The van der Waals surface area contributed by atoms with Gasteiger partial charge in [0.2, 0.25) is 0 Å². The van der Waals surface area contributed by atoms with Gasteiger partial charge >= 0.3 is 5.97 Å². The molecule has 15 heavy (non-hydrogen) atoms. The molecule has 0 unspecified atom stereocenters. The summed E-state index contributed by atoms with van der Waals surface area (Å²) in [5.74, 6) is -0.683. The molecule has 0 N–H and O–H groups in total. The highest BCUT2D eigenvalue weighted by Crippen LogP contribution is 2.12. The molecule has 0 aromatic heterocycles. The Morgan fingerprint density at radius 2 is 2.00 bits per heavy atom. The molecule has 1 rings (SSSR count). The summed E-state index contributed by atoms with van der Waals surface area (Å²) in [6.45, 7) is -0.324. The molecule has 0 aliphatic heterocycles. The van der Waals surface area contributed by atoms with E-state index in [1.165, 1.54) is 24.3 Å². The lowest BCUT2D eigenvalue weighted by Gasteiger charge is -1.99. The van der Waals surface area contributed by atoms with Crippen LogP contribution in [0.25, 0.3) is 0 Å². The van der Waals surface area contributed by atoms with Gasteiger partial charge in [-0.05, 0) is 12.1 Å². The lowest BCUT2D eigenvalue weighted by atomic mass is 10.2. The van der Waals surface area contributed by atoms with E-state index in [1.54, 1.807) is 0 Å². The maximum Gasteiger partial charge on any atom is 0.338 e. The van der Waals surface area contributed by atoms with Crippen molar-refractivity contribution < 1.29 is 19.2 Å².